The van der Waals surface area contributed by atoms with Crippen LogP contribution in [0.5, 0.6) is 5.75 Å². The molecule has 1 fully saturated rings. The zero-order valence-electron chi connectivity index (χ0n) is 9.03. The third-order valence-corrected chi connectivity index (χ3v) is 4.14. The number of ether oxygens (including phenoxy) is 1. The lowest BCUT2D eigenvalue weighted by atomic mass is 10.1. The molecule has 4 atom stereocenters. The van der Waals surface area contributed by atoms with Crippen molar-refractivity contribution in [3.8, 4) is 5.75 Å². The number of hydrogen-bond donors (Lipinski definition) is 3. The van der Waals surface area contributed by atoms with Crippen molar-refractivity contribution in [3.05, 3.63) is 22.7 Å². The van der Waals surface area contributed by atoms with E-state index in [-0.39, 0.29) is 11.5 Å². The topological polar surface area (TPSA) is 82.8 Å². The van der Waals surface area contributed by atoms with Crippen molar-refractivity contribution >= 4 is 27.7 Å². The van der Waals surface area contributed by atoms with Crippen LogP contribution in [-0.4, -0.2) is 49.8 Å². The van der Waals surface area contributed by atoms with E-state index < -0.39 is 29.7 Å². The Bertz CT molecular complexity index is 438. The minimum atomic E-state index is -1.31. The Kier molecular flexibility index (Phi) is 4.44. The van der Waals surface area contributed by atoms with Gasteiger partial charge >= 0.3 is 0 Å². The lowest BCUT2D eigenvalue weighted by molar-refractivity contribution is -0.0790. The molecule has 2 heterocycles. The highest BCUT2D eigenvalue weighted by Gasteiger charge is 2.38. The van der Waals surface area contributed by atoms with Crippen LogP contribution in [0.3, 0.4) is 0 Å². The Morgan fingerprint density at radius 2 is 2.11 bits per heavy atom. The molecule has 1 aromatic heterocycles. The molecule has 18 heavy (non-hydrogen) atoms. The highest BCUT2D eigenvalue weighted by atomic mass is 79.9. The summed E-state index contributed by atoms with van der Waals surface area (Å²) in [6.45, 7) is 0. The van der Waals surface area contributed by atoms with Crippen LogP contribution in [0.1, 0.15) is 0 Å². The van der Waals surface area contributed by atoms with Crippen molar-refractivity contribution < 1.29 is 24.4 Å². The first-order chi connectivity index (χ1) is 8.49. The van der Waals surface area contributed by atoms with Crippen LogP contribution in [-0.2, 0) is 0 Å². The summed E-state index contributed by atoms with van der Waals surface area (Å²) >= 11 is 4.23. The first-order valence-corrected chi connectivity index (χ1v) is 6.96. The van der Waals surface area contributed by atoms with Gasteiger partial charge < -0.3 is 20.1 Å². The summed E-state index contributed by atoms with van der Waals surface area (Å²) in [4.78, 5) is 3.46. The van der Waals surface area contributed by atoms with E-state index in [1.165, 1.54) is 12.3 Å². The molecule has 100 valence electrons. The molecule has 1 aliphatic rings. The maximum Gasteiger partial charge on any atom is 0.255 e. The second-order valence-corrected chi connectivity index (χ2v) is 5.86. The van der Waals surface area contributed by atoms with E-state index in [2.05, 4.69) is 20.9 Å². The van der Waals surface area contributed by atoms with E-state index in [9.17, 15) is 19.7 Å². The number of halogens is 2. The molecule has 1 aliphatic heterocycles. The largest absolute Gasteiger partial charge is 0.472 e. The number of aliphatic hydroxyl groups is 3. The van der Waals surface area contributed by atoms with Crippen molar-refractivity contribution in [3.63, 3.8) is 0 Å². The second kappa shape index (κ2) is 5.70. The first-order valence-electron chi connectivity index (χ1n) is 5.12. The fraction of sp³-hybridized carbons (Fsp3) is 0.500. The average molecular weight is 340 g/mol. The molecule has 0 radical (unpaired) electrons. The molecule has 1 aromatic rings. The quantitative estimate of drug-likeness (QED) is 0.681. The number of pyridine rings is 1. The van der Waals surface area contributed by atoms with E-state index in [0.717, 1.165) is 11.8 Å². The van der Waals surface area contributed by atoms with Gasteiger partial charge in [0.1, 0.15) is 12.2 Å². The summed E-state index contributed by atoms with van der Waals surface area (Å²) < 4.78 is 19.2. The van der Waals surface area contributed by atoms with Gasteiger partial charge in [-0.25, -0.2) is 4.98 Å². The summed E-state index contributed by atoms with van der Waals surface area (Å²) in [5.74, 6) is -0.720. The van der Waals surface area contributed by atoms with Crippen molar-refractivity contribution in [1.29, 1.82) is 0 Å². The molecule has 0 amide bonds. The number of aliphatic hydroxyl groups excluding tert-OH is 3. The van der Waals surface area contributed by atoms with Crippen LogP contribution in [0.25, 0.3) is 0 Å². The Morgan fingerprint density at radius 3 is 2.83 bits per heavy atom. The van der Waals surface area contributed by atoms with Gasteiger partial charge in [0.25, 0.3) is 5.95 Å². The van der Waals surface area contributed by atoms with Crippen molar-refractivity contribution in [2.75, 3.05) is 5.75 Å². The molecule has 8 heteroatoms. The molecule has 2 rings (SSSR count). The highest BCUT2D eigenvalue weighted by molar-refractivity contribution is 9.10. The lowest BCUT2D eigenvalue weighted by Gasteiger charge is -2.34. The van der Waals surface area contributed by atoms with Crippen LogP contribution in [0, 0.1) is 5.95 Å². The maximum atomic E-state index is 13.4. The number of nitrogens with zero attached hydrogens (tertiary/aromatic N) is 1. The number of hydrogen-bond acceptors (Lipinski definition) is 6. The molecular weight excluding hydrogens is 329 g/mol. The first kappa shape index (κ1) is 14.0. The lowest BCUT2D eigenvalue weighted by Crippen LogP contribution is -2.50. The van der Waals surface area contributed by atoms with E-state index >= 15 is 0 Å². The van der Waals surface area contributed by atoms with Crippen molar-refractivity contribution in [2.24, 2.45) is 0 Å². The molecule has 5 nitrogen and oxygen atoms in total. The van der Waals surface area contributed by atoms with Gasteiger partial charge in [0.05, 0.1) is 6.10 Å². The van der Waals surface area contributed by atoms with Crippen LogP contribution in [0.2, 0.25) is 0 Å². The average Bonchev–Trinajstić information content (AvgIpc) is 2.34. The van der Waals surface area contributed by atoms with Gasteiger partial charge in [0.15, 0.2) is 11.2 Å². The number of aromatic nitrogens is 1. The Hall–Kier alpha value is -0.410. The Morgan fingerprint density at radius 1 is 1.39 bits per heavy atom. The van der Waals surface area contributed by atoms with Gasteiger partial charge in [0.2, 0.25) is 0 Å². The maximum absolute atomic E-state index is 13.4. The Balaban J connectivity index is 2.11. The summed E-state index contributed by atoms with van der Waals surface area (Å²) in [5, 5.41) is 28.6. The number of rotatable bonds is 2. The fourth-order valence-corrected chi connectivity index (χ4v) is 2.92. The van der Waals surface area contributed by atoms with Crippen molar-refractivity contribution in [2.45, 2.75) is 23.7 Å². The van der Waals surface area contributed by atoms with Crippen molar-refractivity contribution in [1.82, 2.24) is 4.98 Å². The second-order valence-electron chi connectivity index (χ2n) is 3.81. The van der Waals surface area contributed by atoms with Gasteiger partial charge in [-0.05, 0) is 15.9 Å². The van der Waals surface area contributed by atoms with Gasteiger partial charge in [-0.1, -0.05) is 0 Å². The SMILES string of the molecule is O[C@@H]1[C@@H](O)[C@@H](Oc2cc(Br)cnc2F)SC[C@H]1O. The molecule has 0 aliphatic carbocycles. The molecule has 0 unspecified atom stereocenters. The van der Waals surface area contributed by atoms with Crippen LogP contribution in [0.15, 0.2) is 16.7 Å². The van der Waals surface area contributed by atoms with Gasteiger partial charge in [-0.2, -0.15) is 4.39 Å². The standard InChI is InChI=1S/C10H11BrFNO4S/c11-4-1-6(9(12)13-2-4)17-10-8(16)7(15)5(14)3-18-10/h1-2,5,7-8,10,14-16H,3H2/t5-,7+,8-,10+/m1/s1. The fourth-order valence-electron chi connectivity index (χ4n) is 1.49. The molecular formula is C10H11BrFNO4S. The van der Waals surface area contributed by atoms with E-state index in [1.54, 1.807) is 0 Å². The summed E-state index contributed by atoms with van der Waals surface area (Å²) in [7, 11) is 0. The predicted molar refractivity (Wildman–Crippen MR) is 66.8 cm³/mol. The number of thioether (sulfide) groups is 1. The smallest absolute Gasteiger partial charge is 0.255 e. The third-order valence-electron chi connectivity index (χ3n) is 2.47. The van der Waals surface area contributed by atoms with Gasteiger partial charge in [-0.15, -0.1) is 11.8 Å². The molecule has 3 N–H and O–H groups in total. The van der Waals surface area contributed by atoms with Crippen LogP contribution >= 0.6 is 27.7 Å². The molecule has 1 saturated heterocycles. The highest BCUT2D eigenvalue weighted by Crippen LogP contribution is 2.30. The van der Waals surface area contributed by atoms with Gasteiger partial charge in [-0.3, -0.25) is 0 Å². The predicted octanol–water partition coefficient (Wildman–Crippen LogP) is 0.518. The molecule has 0 spiro atoms. The normalized spacial score (nSPS) is 32.3. The zero-order valence-corrected chi connectivity index (χ0v) is 11.4. The monoisotopic (exact) mass is 339 g/mol. The van der Waals surface area contributed by atoms with Crippen LogP contribution < -0.4 is 4.74 Å². The summed E-state index contributed by atoms with van der Waals surface area (Å²) in [6.07, 6.45) is -2.34. The summed E-state index contributed by atoms with van der Waals surface area (Å²) in [5.41, 5.74) is -0.853. The third kappa shape index (κ3) is 2.94. The van der Waals surface area contributed by atoms with Gasteiger partial charge in [0, 0.05) is 22.5 Å². The van der Waals surface area contributed by atoms with E-state index in [0.29, 0.717) is 4.47 Å². The minimum absolute atomic E-state index is 0.121. The van der Waals surface area contributed by atoms with E-state index in [1.807, 2.05) is 0 Å². The molecule has 0 bridgehead atoms. The zero-order chi connectivity index (χ0) is 13.3. The minimum Gasteiger partial charge on any atom is -0.472 e. The Labute approximate surface area is 115 Å². The summed E-state index contributed by atoms with van der Waals surface area (Å²) in [6, 6.07) is 1.38. The van der Waals surface area contributed by atoms with Crippen LogP contribution in [0.4, 0.5) is 4.39 Å². The molecule has 0 aromatic carbocycles. The molecule has 0 saturated carbocycles. The van der Waals surface area contributed by atoms with E-state index in [4.69, 9.17) is 4.74 Å².